The number of hydrogen-bond donors (Lipinski definition) is 1. The molecule has 1 aliphatic rings. The van der Waals surface area contributed by atoms with Crippen LogP contribution in [0.4, 0.5) is 0 Å². The van der Waals surface area contributed by atoms with E-state index in [1.165, 1.54) is 37.9 Å². The Labute approximate surface area is 140 Å². The first-order valence-electron chi connectivity index (χ1n) is 8.25. The van der Waals surface area contributed by atoms with Crippen LogP contribution in [-0.4, -0.2) is 23.7 Å². The van der Waals surface area contributed by atoms with Crippen LogP contribution in [-0.2, 0) is 6.54 Å². The molecule has 0 N–H and O–H groups in total. The molecule has 2 aromatic carbocycles. The van der Waals surface area contributed by atoms with Crippen LogP contribution in [0, 0.1) is 5.92 Å². The third-order valence-electron chi connectivity index (χ3n) is 4.16. The summed E-state index contributed by atoms with van der Waals surface area (Å²) in [5, 5.41) is 0. The van der Waals surface area contributed by atoms with Crippen molar-refractivity contribution in [2.24, 2.45) is 5.92 Å². The van der Waals surface area contributed by atoms with E-state index in [9.17, 15) is 0 Å². The van der Waals surface area contributed by atoms with E-state index < -0.39 is 0 Å². The second-order valence-electron chi connectivity index (χ2n) is 5.87. The van der Waals surface area contributed by atoms with Crippen molar-refractivity contribution in [3.05, 3.63) is 72.3 Å². The predicted molar refractivity (Wildman–Crippen MR) is 99.4 cm³/mol. The van der Waals surface area contributed by atoms with Gasteiger partial charge in [0.15, 0.2) is 0 Å². The molecule has 0 spiro atoms. The summed E-state index contributed by atoms with van der Waals surface area (Å²) >= 11 is 4.32. The fourth-order valence-electron chi connectivity index (χ4n) is 2.84. The lowest BCUT2D eigenvalue weighted by atomic mass is 9.94. The number of hydrogen-bond acceptors (Lipinski definition) is 2. The van der Waals surface area contributed by atoms with Gasteiger partial charge in [0, 0.05) is 6.54 Å². The molecule has 118 valence electrons. The molecule has 0 aliphatic carbocycles. The van der Waals surface area contributed by atoms with Crippen molar-refractivity contribution < 1.29 is 0 Å². The maximum Gasteiger partial charge on any atom is 0.0233 e. The zero-order chi connectivity index (χ0) is 15.5. The lowest BCUT2D eigenvalue weighted by molar-refractivity contribution is 0.175. The molecule has 0 amide bonds. The van der Waals surface area contributed by atoms with Gasteiger partial charge in [-0.05, 0) is 49.6 Å². The van der Waals surface area contributed by atoms with Crippen LogP contribution in [0.5, 0.6) is 0 Å². The smallest absolute Gasteiger partial charge is 0.0233 e. The van der Waals surface area contributed by atoms with Gasteiger partial charge in [-0.1, -0.05) is 66.7 Å². The molecular formula is C20H27NS. The summed E-state index contributed by atoms with van der Waals surface area (Å²) in [6.07, 6.45) is 4.00. The molecule has 0 saturated carbocycles. The molecule has 0 radical (unpaired) electrons. The van der Waals surface area contributed by atoms with Crippen LogP contribution in [0.25, 0.3) is 0 Å². The highest BCUT2D eigenvalue weighted by atomic mass is 32.1. The van der Waals surface area contributed by atoms with Crippen LogP contribution >= 0.6 is 12.6 Å². The molecule has 1 saturated heterocycles. The summed E-state index contributed by atoms with van der Waals surface area (Å²) in [5.74, 6) is 1.97. The Bertz CT molecular complexity index is 451. The quantitative estimate of drug-likeness (QED) is 0.785. The Balaban J connectivity index is 0.000000246. The zero-order valence-corrected chi connectivity index (χ0v) is 14.2. The fourth-order valence-corrected chi connectivity index (χ4v) is 3.21. The molecule has 2 heteroatoms. The fraction of sp³-hybridized carbons (Fsp3) is 0.400. The van der Waals surface area contributed by atoms with Crippen LogP contribution in [0.3, 0.4) is 0 Å². The lowest BCUT2D eigenvalue weighted by Crippen LogP contribution is -2.33. The van der Waals surface area contributed by atoms with E-state index in [2.05, 4.69) is 47.9 Å². The van der Waals surface area contributed by atoms with Crippen molar-refractivity contribution in [2.45, 2.75) is 25.8 Å². The van der Waals surface area contributed by atoms with Crippen LogP contribution in [0.2, 0.25) is 0 Å². The minimum atomic E-state index is 0.921. The van der Waals surface area contributed by atoms with Gasteiger partial charge in [0.1, 0.15) is 0 Å². The van der Waals surface area contributed by atoms with Gasteiger partial charge in [0.05, 0.1) is 0 Å². The van der Waals surface area contributed by atoms with Gasteiger partial charge < -0.3 is 0 Å². The molecule has 1 fully saturated rings. The maximum absolute atomic E-state index is 4.32. The summed E-state index contributed by atoms with van der Waals surface area (Å²) in [7, 11) is 0. The Hall–Kier alpha value is -1.25. The third-order valence-corrected chi connectivity index (χ3v) is 4.42. The molecule has 2 aromatic rings. The first-order valence-corrected chi connectivity index (χ1v) is 8.89. The first-order chi connectivity index (χ1) is 10.9. The van der Waals surface area contributed by atoms with Crippen LogP contribution < -0.4 is 0 Å². The van der Waals surface area contributed by atoms with Gasteiger partial charge in [0.2, 0.25) is 0 Å². The second kappa shape index (κ2) is 10.5. The molecule has 3 rings (SSSR count). The number of piperidine rings is 1. The highest BCUT2D eigenvalue weighted by Crippen LogP contribution is 2.21. The number of nitrogens with zero attached hydrogens (tertiary/aromatic N) is 1. The van der Waals surface area contributed by atoms with E-state index in [0.717, 1.165) is 18.2 Å². The summed E-state index contributed by atoms with van der Waals surface area (Å²) < 4.78 is 0. The van der Waals surface area contributed by atoms with E-state index in [0.29, 0.717) is 0 Å². The van der Waals surface area contributed by atoms with Gasteiger partial charge in [0.25, 0.3) is 0 Å². The van der Waals surface area contributed by atoms with E-state index in [-0.39, 0.29) is 0 Å². The van der Waals surface area contributed by atoms with Crippen molar-refractivity contribution in [3.8, 4) is 0 Å². The van der Waals surface area contributed by atoms with Crippen molar-refractivity contribution >= 4 is 12.6 Å². The molecule has 0 bridgehead atoms. The number of rotatable bonds is 4. The van der Waals surface area contributed by atoms with Gasteiger partial charge in [-0.2, -0.15) is 12.6 Å². The first kappa shape index (κ1) is 17.1. The Morgan fingerprint density at radius 1 is 0.818 bits per heavy atom. The second-order valence-corrected chi connectivity index (χ2v) is 6.32. The molecule has 1 aliphatic heterocycles. The van der Waals surface area contributed by atoms with Gasteiger partial charge in [-0.25, -0.2) is 0 Å². The van der Waals surface area contributed by atoms with Gasteiger partial charge in [-0.15, -0.1) is 0 Å². The minimum Gasteiger partial charge on any atom is -0.299 e. The van der Waals surface area contributed by atoms with Crippen molar-refractivity contribution in [2.75, 3.05) is 18.8 Å². The normalized spacial score (nSPS) is 15.9. The highest BCUT2D eigenvalue weighted by Gasteiger charge is 2.18. The highest BCUT2D eigenvalue weighted by molar-refractivity contribution is 7.80. The van der Waals surface area contributed by atoms with Crippen molar-refractivity contribution in [1.29, 1.82) is 0 Å². The number of benzene rings is 2. The Morgan fingerprint density at radius 2 is 1.32 bits per heavy atom. The molecule has 0 atom stereocenters. The zero-order valence-electron chi connectivity index (χ0n) is 13.3. The molecule has 0 unspecified atom stereocenters. The topological polar surface area (TPSA) is 3.24 Å². The summed E-state index contributed by atoms with van der Waals surface area (Å²) in [6, 6.07) is 22.8. The molecule has 1 heterocycles. The van der Waals surface area contributed by atoms with Crippen molar-refractivity contribution in [1.82, 2.24) is 4.90 Å². The van der Waals surface area contributed by atoms with Gasteiger partial charge >= 0.3 is 0 Å². The van der Waals surface area contributed by atoms with E-state index >= 15 is 0 Å². The SMILES string of the molecule is SCCC1CCN(Cc2ccccc2)CC1.c1ccccc1. The molecule has 1 nitrogen and oxygen atoms in total. The molecule has 0 aromatic heterocycles. The van der Waals surface area contributed by atoms with Crippen LogP contribution in [0.15, 0.2) is 66.7 Å². The summed E-state index contributed by atoms with van der Waals surface area (Å²) in [4.78, 5) is 2.57. The average molecular weight is 314 g/mol. The van der Waals surface area contributed by atoms with Crippen LogP contribution in [0.1, 0.15) is 24.8 Å². The van der Waals surface area contributed by atoms with E-state index in [4.69, 9.17) is 0 Å². The Morgan fingerprint density at radius 3 is 1.82 bits per heavy atom. The lowest BCUT2D eigenvalue weighted by Gasteiger charge is -2.31. The predicted octanol–water partition coefficient (Wildman–Crippen LogP) is 4.91. The molecule has 22 heavy (non-hydrogen) atoms. The molecular weight excluding hydrogens is 286 g/mol. The third kappa shape index (κ3) is 6.67. The minimum absolute atomic E-state index is 0.921. The summed E-state index contributed by atoms with van der Waals surface area (Å²) in [5.41, 5.74) is 1.44. The maximum atomic E-state index is 4.32. The van der Waals surface area contributed by atoms with Gasteiger partial charge in [-0.3, -0.25) is 4.90 Å². The van der Waals surface area contributed by atoms with Crippen molar-refractivity contribution in [3.63, 3.8) is 0 Å². The average Bonchev–Trinajstić information content (AvgIpc) is 2.60. The monoisotopic (exact) mass is 313 g/mol. The number of likely N-dealkylation sites (tertiary alicyclic amines) is 1. The van der Waals surface area contributed by atoms with E-state index in [1.54, 1.807) is 0 Å². The van der Waals surface area contributed by atoms with E-state index in [1.807, 2.05) is 36.4 Å². The Kier molecular flexibility index (Phi) is 8.14. The standard InChI is InChI=1S/C14H21NS.C6H6/c16-11-8-13-6-9-15(10-7-13)12-14-4-2-1-3-5-14;1-2-4-6-5-3-1/h1-5,13,16H,6-12H2;1-6H. The summed E-state index contributed by atoms with van der Waals surface area (Å²) in [6.45, 7) is 3.63. The largest absolute Gasteiger partial charge is 0.299 e. The number of thiol groups is 1.